The molecule has 1 heterocycles. The molecule has 13 heavy (non-hydrogen) atoms. The summed E-state index contributed by atoms with van der Waals surface area (Å²) in [5, 5.41) is 7.07. The molecule has 0 radical (unpaired) electrons. The molecule has 0 fully saturated rings. The van der Waals surface area contributed by atoms with Crippen molar-refractivity contribution in [2.45, 2.75) is 13.8 Å². The lowest BCUT2D eigenvalue weighted by Gasteiger charge is -1.99. The molecule has 1 N–H and O–H groups in total. The van der Waals surface area contributed by atoms with Gasteiger partial charge in [-0.15, -0.1) is 0 Å². The Morgan fingerprint density at radius 3 is 2.69 bits per heavy atom. The van der Waals surface area contributed by atoms with E-state index in [4.69, 9.17) is 0 Å². The summed E-state index contributed by atoms with van der Waals surface area (Å²) in [6, 6.07) is 8.36. The van der Waals surface area contributed by atoms with Crippen molar-refractivity contribution in [1.82, 2.24) is 10.2 Å². The molecule has 1 aromatic heterocycles. The number of H-pyrrole nitrogens is 1. The molecular formula is C11H12N2. The van der Waals surface area contributed by atoms with Crippen molar-refractivity contribution in [3.63, 3.8) is 0 Å². The zero-order chi connectivity index (χ0) is 9.26. The van der Waals surface area contributed by atoms with Crippen molar-refractivity contribution in [1.29, 1.82) is 0 Å². The van der Waals surface area contributed by atoms with E-state index in [9.17, 15) is 0 Å². The molecule has 0 atom stereocenters. The highest BCUT2D eigenvalue weighted by atomic mass is 15.1. The van der Waals surface area contributed by atoms with Crippen molar-refractivity contribution in [3.8, 4) is 11.3 Å². The number of nitrogens with one attached hydrogen (secondary N) is 1. The van der Waals surface area contributed by atoms with E-state index in [-0.39, 0.29) is 0 Å². The first-order valence-corrected chi connectivity index (χ1v) is 4.35. The van der Waals surface area contributed by atoms with E-state index in [1.807, 2.05) is 6.20 Å². The minimum Gasteiger partial charge on any atom is -0.285 e. The van der Waals surface area contributed by atoms with Crippen molar-refractivity contribution in [2.24, 2.45) is 0 Å². The van der Waals surface area contributed by atoms with Crippen LogP contribution in [0.2, 0.25) is 0 Å². The van der Waals surface area contributed by atoms with Gasteiger partial charge in [-0.2, -0.15) is 5.10 Å². The standard InChI is InChI=1S/C11H12N2/c1-8-4-3-5-10(6-8)11-9(2)7-12-13-11/h3-7H,1-2H3,(H,12,13). The van der Waals surface area contributed by atoms with E-state index >= 15 is 0 Å². The van der Waals surface area contributed by atoms with Gasteiger partial charge in [-0.05, 0) is 25.5 Å². The van der Waals surface area contributed by atoms with Crippen LogP contribution in [0, 0.1) is 13.8 Å². The van der Waals surface area contributed by atoms with E-state index < -0.39 is 0 Å². The lowest BCUT2D eigenvalue weighted by molar-refractivity contribution is 1.09. The fourth-order valence-corrected chi connectivity index (χ4v) is 1.43. The average Bonchev–Trinajstić information content (AvgIpc) is 2.51. The van der Waals surface area contributed by atoms with E-state index in [2.05, 4.69) is 48.3 Å². The Morgan fingerprint density at radius 1 is 1.23 bits per heavy atom. The largest absolute Gasteiger partial charge is 0.285 e. The maximum Gasteiger partial charge on any atom is 0.0949 e. The highest BCUT2D eigenvalue weighted by Gasteiger charge is 2.03. The molecule has 0 saturated carbocycles. The molecule has 0 aliphatic heterocycles. The lowest BCUT2D eigenvalue weighted by Crippen LogP contribution is -1.81. The van der Waals surface area contributed by atoms with Crippen LogP contribution < -0.4 is 0 Å². The summed E-state index contributed by atoms with van der Waals surface area (Å²) in [4.78, 5) is 0. The summed E-state index contributed by atoms with van der Waals surface area (Å²) < 4.78 is 0. The first-order valence-electron chi connectivity index (χ1n) is 4.35. The minimum atomic E-state index is 1.05. The Labute approximate surface area is 77.6 Å². The molecule has 0 aliphatic carbocycles. The highest BCUT2D eigenvalue weighted by molar-refractivity contribution is 5.62. The summed E-state index contributed by atoms with van der Waals surface area (Å²) in [6.07, 6.45) is 1.91. The van der Waals surface area contributed by atoms with E-state index in [0.717, 1.165) is 5.69 Å². The first kappa shape index (κ1) is 8.05. The monoisotopic (exact) mass is 172 g/mol. The van der Waals surface area contributed by atoms with Gasteiger partial charge in [0.15, 0.2) is 0 Å². The summed E-state index contributed by atoms with van der Waals surface area (Å²) in [6.45, 7) is 4.15. The highest BCUT2D eigenvalue weighted by Crippen LogP contribution is 2.20. The molecule has 66 valence electrons. The predicted molar refractivity (Wildman–Crippen MR) is 53.5 cm³/mol. The molecule has 2 nitrogen and oxygen atoms in total. The van der Waals surface area contributed by atoms with Crippen LogP contribution in [0.25, 0.3) is 11.3 Å². The van der Waals surface area contributed by atoms with Crippen LogP contribution in [-0.4, -0.2) is 10.2 Å². The predicted octanol–water partition coefficient (Wildman–Crippen LogP) is 2.69. The first-order chi connectivity index (χ1) is 6.27. The molecule has 0 saturated heterocycles. The third kappa shape index (κ3) is 1.47. The van der Waals surface area contributed by atoms with Crippen LogP contribution in [0.15, 0.2) is 30.5 Å². The van der Waals surface area contributed by atoms with Gasteiger partial charge in [-0.3, -0.25) is 5.10 Å². The Hall–Kier alpha value is -1.57. The molecule has 0 spiro atoms. The fraction of sp³-hybridized carbons (Fsp3) is 0.182. The zero-order valence-electron chi connectivity index (χ0n) is 7.83. The number of aryl methyl sites for hydroxylation is 2. The Bertz CT molecular complexity index is 416. The minimum absolute atomic E-state index is 1.05. The number of rotatable bonds is 1. The quantitative estimate of drug-likeness (QED) is 0.704. The van der Waals surface area contributed by atoms with Gasteiger partial charge >= 0.3 is 0 Å². The summed E-state index contributed by atoms with van der Waals surface area (Å²) >= 11 is 0. The zero-order valence-corrected chi connectivity index (χ0v) is 7.83. The number of nitrogens with zero attached hydrogens (tertiary/aromatic N) is 1. The van der Waals surface area contributed by atoms with E-state index in [1.54, 1.807) is 0 Å². The summed E-state index contributed by atoms with van der Waals surface area (Å²) in [7, 11) is 0. The number of hydrogen-bond donors (Lipinski definition) is 1. The Kier molecular flexibility index (Phi) is 1.89. The van der Waals surface area contributed by atoms with Crippen LogP contribution in [0.3, 0.4) is 0 Å². The lowest BCUT2D eigenvalue weighted by atomic mass is 10.1. The van der Waals surface area contributed by atoms with Crippen LogP contribution in [-0.2, 0) is 0 Å². The fourth-order valence-electron chi connectivity index (χ4n) is 1.43. The SMILES string of the molecule is Cc1cccc(-c2n[nH]cc2C)c1. The third-order valence-electron chi connectivity index (χ3n) is 2.12. The maximum absolute atomic E-state index is 4.20. The second kappa shape index (κ2) is 3.05. The third-order valence-corrected chi connectivity index (χ3v) is 2.12. The van der Waals surface area contributed by atoms with Gasteiger partial charge < -0.3 is 0 Å². The van der Waals surface area contributed by atoms with E-state index in [0.29, 0.717) is 0 Å². The smallest absolute Gasteiger partial charge is 0.0949 e. The second-order valence-electron chi connectivity index (χ2n) is 3.29. The van der Waals surface area contributed by atoms with Crippen LogP contribution in [0.1, 0.15) is 11.1 Å². The molecule has 2 heteroatoms. The molecule has 0 unspecified atom stereocenters. The normalized spacial score (nSPS) is 10.3. The van der Waals surface area contributed by atoms with Crippen molar-refractivity contribution >= 4 is 0 Å². The van der Waals surface area contributed by atoms with Crippen molar-refractivity contribution in [2.75, 3.05) is 0 Å². The van der Waals surface area contributed by atoms with Gasteiger partial charge in [0.1, 0.15) is 0 Å². The second-order valence-corrected chi connectivity index (χ2v) is 3.29. The number of aromatic amines is 1. The van der Waals surface area contributed by atoms with Gasteiger partial charge in [-0.25, -0.2) is 0 Å². The molecule has 1 aromatic carbocycles. The molecule has 0 amide bonds. The van der Waals surface area contributed by atoms with Crippen LogP contribution in [0.5, 0.6) is 0 Å². The van der Waals surface area contributed by atoms with Gasteiger partial charge in [0, 0.05) is 11.8 Å². The topological polar surface area (TPSA) is 28.7 Å². The van der Waals surface area contributed by atoms with Crippen LogP contribution >= 0.6 is 0 Å². The Balaban J connectivity index is 2.53. The molecular weight excluding hydrogens is 160 g/mol. The van der Waals surface area contributed by atoms with Crippen LogP contribution in [0.4, 0.5) is 0 Å². The van der Waals surface area contributed by atoms with Gasteiger partial charge in [0.25, 0.3) is 0 Å². The Morgan fingerprint density at radius 2 is 2.08 bits per heavy atom. The number of benzene rings is 1. The molecule has 2 aromatic rings. The average molecular weight is 172 g/mol. The van der Waals surface area contributed by atoms with Crippen molar-refractivity contribution in [3.05, 3.63) is 41.6 Å². The molecule has 2 rings (SSSR count). The van der Waals surface area contributed by atoms with Gasteiger partial charge in [0.05, 0.1) is 5.69 Å². The summed E-state index contributed by atoms with van der Waals surface area (Å²) in [5.41, 5.74) is 4.67. The molecule has 0 aliphatic rings. The van der Waals surface area contributed by atoms with E-state index in [1.165, 1.54) is 16.7 Å². The van der Waals surface area contributed by atoms with Crippen molar-refractivity contribution < 1.29 is 0 Å². The van der Waals surface area contributed by atoms with Gasteiger partial charge in [0.2, 0.25) is 0 Å². The number of hydrogen-bond acceptors (Lipinski definition) is 1. The number of aromatic nitrogens is 2. The maximum atomic E-state index is 4.20. The summed E-state index contributed by atoms with van der Waals surface area (Å²) in [5.74, 6) is 0. The molecule has 0 bridgehead atoms. The van der Waals surface area contributed by atoms with Gasteiger partial charge in [-0.1, -0.05) is 23.8 Å².